The summed E-state index contributed by atoms with van der Waals surface area (Å²) in [7, 11) is 4.01. The third-order valence-corrected chi connectivity index (χ3v) is 5.32. The van der Waals surface area contributed by atoms with Crippen LogP contribution in [0, 0.1) is 24.0 Å². The fourth-order valence-corrected chi connectivity index (χ4v) is 3.47. The second-order valence-corrected chi connectivity index (χ2v) is 7.42. The van der Waals surface area contributed by atoms with Crippen molar-refractivity contribution in [2.45, 2.75) is 13.8 Å². The predicted octanol–water partition coefficient (Wildman–Crippen LogP) is 5.72. The average molecular weight is 386 g/mol. The summed E-state index contributed by atoms with van der Waals surface area (Å²) < 4.78 is 0. The third-order valence-electron chi connectivity index (χ3n) is 5.32. The average Bonchev–Trinajstić information content (AvgIpc) is 2.71. The SMILES string of the molecule is Cc1ccc2c(Nc3ccc(N(C)C)cc3)c3ccc([N+](=O)[O-])cc3nc2c1C. The standard InChI is InChI=1S/C23H22N4O2/c1-14-5-11-20-22(15(14)2)25-21-13-18(27(28)29)10-12-19(21)23(20)24-16-6-8-17(9-7-16)26(3)4/h5-13H,1-4H3,(H,24,25). The first-order chi connectivity index (χ1) is 13.8. The number of hydrogen-bond acceptors (Lipinski definition) is 5. The topological polar surface area (TPSA) is 71.3 Å². The summed E-state index contributed by atoms with van der Waals surface area (Å²) in [5.74, 6) is 0. The van der Waals surface area contributed by atoms with Crippen LogP contribution in [0.4, 0.5) is 22.7 Å². The molecule has 0 aliphatic heterocycles. The molecule has 0 unspecified atom stereocenters. The molecule has 3 aromatic carbocycles. The number of anilines is 3. The van der Waals surface area contributed by atoms with Gasteiger partial charge in [0.15, 0.2) is 0 Å². The third kappa shape index (κ3) is 3.33. The molecule has 0 aliphatic rings. The van der Waals surface area contributed by atoms with Crippen molar-refractivity contribution in [2.75, 3.05) is 24.3 Å². The molecule has 0 atom stereocenters. The van der Waals surface area contributed by atoms with Gasteiger partial charge in [0.05, 0.1) is 21.6 Å². The lowest BCUT2D eigenvalue weighted by atomic mass is 10.0. The minimum absolute atomic E-state index is 0.0379. The van der Waals surface area contributed by atoms with E-state index in [1.807, 2.05) is 57.1 Å². The molecular formula is C23H22N4O2. The van der Waals surface area contributed by atoms with Crippen molar-refractivity contribution in [3.8, 4) is 0 Å². The number of nitro benzene ring substituents is 1. The Morgan fingerprint density at radius 1 is 0.966 bits per heavy atom. The zero-order valence-corrected chi connectivity index (χ0v) is 16.9. The van der Waals surface area contributed by atoms with Gasteiger partial charge in [-0.15, -0.1) is 0 Å². The Labute approximate surface area is 168 Å². The molecule has 4 aromatic rings. The number of hydrogen-bond donors (Lipinski definition) is 1. The summed E-state index contributed by atoms with van der Waals surface area (Å²) >= 11 is 0. The molecule has 0 amide bonds. The fourth-order valence-electron chi connectivity index (χ4n) is 3.47. The van der Waals surface area contributed by atoms with Crippen LogP contribution in [0.3, 0.4) is 0 Å². The van der Waals surface area contributed by atoms with Crippen LogP contribution in [0.15, 0.2) is 54.6 Å². The van der Waals surface area contributed by atoms with Crippen molar-refractivity contribution in [2.24, 2.45) is 0 Å². The number of nitrogens with one attached hydrogen (secondary N) is 1. The second kappa shape index (κ2) is 7.05. The smallest absolute Gasteiger partial charge is 0.271 e. The molecule has 1 N–H and O–H groups in total. The normalized spacial score (nSPS) is 11.0. The molecule has 29 heavy (non-hydrogen) atoms. The fraction of sp³-hybridized carbons (Fsp3) is 0.174. The molecular weight excluding hydrogens is 364 g/mol. The van der Waals surface area contributed by atoms with E-state index in [0.29, 0.717) is 5.52 Å². The molecule has 6 nitrogen and oxygen atoms in total. The van der Waals surface area contributed by atoms with Crippen LogP contribution in [0.1, 0.15) is 11.1 Å². The molecule has 0 spiro atoms. The quantitative estimate of drug-likeness (QED) is 0.276. The number of nitro groups is 1. The van der Waals surface area contributed by atoms with Crippen molar-refractivity contribution in [1.29, 1.82) is 0 Å². The van der Waals surface area contributed by atoms with E-state index < -0.39 is 0 Å². The first-order valence-electron chi connectivity index (χ1n) is 9.37. The molecule has 0 bridgehead atoms. The van der Waals surface area contributed by atoms with Gasteiger partial charge in [-0.2, -0.15) is 0 Å². The maximum atomic E-state index is 11.3. The van der Waals surface area contributed by atoms with Crippen molar-refractivity contribution < 1.29 is 4.92 Å². The van der Waals surface area contributed by atoms with Gasteiger partial charge in [0.1, 0.15) is 0 Å². The molecule has 1 heterocycles. The molecule has 146 valence electrons. The monoisotopic (exact) mass is 386 g/mol. The Morgan fingerprint density at radius 3 is 2.31 bits per heavy atom. The van der Waals surface area contributed by atoms with E-state index >= 15 is 0 Å². The molecule has 4 rings (SSSR count). The first-order valence-corrected chi connectivity index (χ1v) is 9.37. The minimum Gasteiger partial charge on any atom is -0.378 e. The van der Waals surface area contributed by atoms with E-state index in [2.05, 4.69) is 17.4 Å². The summed E-state index contributed by atoms with van der Waals surface area (Å²) in [6.45, 7) is 4.07. The van der Waals surface area contributed by atoms with Gasteiger partial charge in [-0.3, -0.25) is 10.1 Å². The van der Waals surface area contributed by atoms with Crippen LogP contribution in [0.5, 0.6) is 0 Å². The van der Waals surface area contributed by atoms with Gasteiger partial charge < -0.3 is 10.2 Å². The highest BCUT2D eigenvalue weighted by molar-refractivity contribution is 6.10. The van der Waals surface area contributed by atoms with E-state index in [1.165, 1.54) is 12.1 Å². The number of fused-ring (bicyclic) bond motifs is 2. The molecule has 1 aromatic heterocycles. The van der Waals surface area contributed by atoms with Crippen molar-refractivity contribution in [3.63, 3.8) is 0 Å². The molecule has 0 fully saturated rings. The highest BCUT2D eigenvalue weighted by Crippen LogP contribution is 2.36. The van der Waals surface area contributed by atoms with Crippen LogP contribution in [-0.4, -0.2) is 24.0 Å². The number of rotatable bonds is 4. The lowest BCUT2D eigenvalue weighted by Crippen LogP contribution is -2.08. The minimum atomic E-state index is -0.387. The van der Waals surface area contributed by atoms with Gasteiger partial charge in [-0.25, -0.2) is 4.98 Å². The van der Waals surface area contributed by atoms with E-state index in [9.17, 15) is 10.1 Å². The van der Waals surface area contributed by atoms with Gasteiger partial charge in [0.2, 0.25) is 0 Å². The van der Waals surface area contributed by atoms with Crippen LogP contribution >= 0.6 is 0 Å². The maximum Gasteiger partial charge on any atom is 0.271 e. The zero-order valence-electron chi connectivity index (χ0n) is 16.9. The predicted molar refractivity (Wildman–Crippen MR) is 119 cm³/mol. The zero-order chi connectivity index (χ0) is 20.7. The van der Waals surface area contributed by atoms with E-state index in [1.54, 1.807) is 6.07 Å². The van der Waals surface area contributed by atoms with Gasteiger partial charge in [-0.05, 0) is 55.3 Å². The lowest BCUT2D eigenvalue weighted by Gasteiger charge is -2.17. The highest BCUT2D eigenvalue weighted by atomic mass is 16.6. The van der Waals surface area contributed by atoms with Crippen LogP contribution in [0.25, 0.3) is 21.8 Å². The van der Waals surface area contributed by atoms with Gasteiger partial charge >= 0.3 is 0 Å². The van der Waals surface area contributed by atoms with E-state index in [-0.39, 0.29) is 10.6 Å². The summed E-state index contributed by atoms with van der Waals surface area (Å²) in [6.07, 6.45) is 0. The Balaban J connectivity index is 1.95. The number of benzene rings is 3. The molecule has 0 saturated heterocycles. The molecule has 6 heteroatoms. The van der Waals surface area contributed by atoms with Crippen LogP contribution in [-0.2, 0) is 0 Å². The Hall–Kier alpha value is -3.67. The summed E-state index contributed by atoms with van der Waals surface area (Å²) in [5, 5.41) is 16.6. The van der Waals surface area contributed by atoms with Gasteiger partial charge in [-0.1, -0.05) is 12.1 Å². The van der Waals surface area contributed by atoms with Gasteiger partial charge in [0, 0.05) is 48.4 Å². The summed E-state index contributed by atoms with van der Waals surface area (Å²) in [5.41, 5.74) is 6.66. The highest BCUT2D eigenvalue weighted by Gasteiger charge is 2.15. The Kier molecular flexibility index (Phi) is 4.54. The Bertz CT molecular complexity index is 1250. The van der Waals surface area contributed by atoms with Gasteiger partial charge in [0.25, 0.3) is 5.69 Å². The van der Waals surface area contributed by atoms with Crippen molar-refractivity contribution in [3.05, 3.63) is 75.8 Å². The maximum absolute atomic E-state index is 11.3. The largest absolute Gasteiger partial charge is 0.378 e. The van der Waals surface area contributed by atoms with Crippen molar-refractivity contribution in [1.82, 2.24) is 4.98 Å². The number of non-ortho nitro benzene ring substituents is 1. The lowest BCUT2D eigenvalue weighted by molar-refractivity contribution is -0.384. The van der Waals surface area contributed by atoms with E-state index in [4.69, 9.17) is 4.98 Å². The number of pyridine rings is 1. The van der Waals surface area contributed by atoms with Crippen LogP contribution in [0.2, 0.25) is 0 Å². The number of aryl methyl sites for hydroxylation is 2. The summed E-state index contributed by atoms with van der Waals surface area (Å²) in [4.78, 5) is 17.7. The van der Waals surface area contributed by atoms with E-state index in [0.717, 1.165) is 44.5 Å². The number of nitrogens with zero attached hydrogens (tertiary/aromatic N) is 3. The molecule has 0 saturated carbocycles. The first kappa shape index (κ1) is 18.7. The van der Waals surface area contributed by atoms with Crippen LogP contribution < -0.4 is 10.2 Å². The Morgan fingerprint density at radius 2 is 1.66 bits per heavy atom. The summed E-state index contributed by atoms with van der Waals surface area (Å²) in [6, 6.07) is 17.1. The second-order valence-electron chi connectivity index (χ2n) is 7.42. The molecule has 0 radical (unpaired) electrons. The number of aromatic nitrogens is 1. The van der Waals surface area contributed by atoms with Crippen molar-refractivity contribution >= 4 is 44.6 Å². The molecule has 0 aliphatic carbocycles.